The van der Waals surface area contributed by atoms with Gasteiger partial charge in [0.15, 0.2) is 0 Å². The maximum Gasteiger partial charge on any atom is 0.257 e. The molecule has 0 aliphatic heterocycles. The third kappa shape index (κ3) is 6.94. The average molecular weight is 476 g/mol. The minimum atomic E-state index is -0.235. The topological polar surface area (TPSA) is 80.5 Å². The summed E-state index contributed by atoms with van der Waals surface area (Å²) in [5.41, 5.74) is 5.49. The van der Waals surface area contributed by atoms with Crippen molar-refractivity contribution in [3.05, 3.63) is 76.6 Å². The summed E-state index contributed by atoms with van der Waals surface area (Å²) >= 11 is 0. The van der Waals surface area contributed by atoms with Gasteiger partial charge in [0.2, 0.25) is 5.96 Å². The summed E-state index contributed by atoms with van der Waals surface area (Å²) in [5, 5.41) is 10.8. The smallest absolute Gasteiger partial charge is 0.257 e. The molecule has 3 rings (SSSR count). The summed E-state index contributed by atoms with van der Waals surface area (Å²) in [6.07, 6.45) is 3.02. The van der Waals surface area contributed by atoms with E-state index >= 15 is 0 Å². The van der Waals surface area contributed by atoms with E-state index in [1.165, 1.54) is 5.56 Å². The van der Waals surface area contributed by atoms with E-state index in [0.29, 0.717) is 23.8 Å². The van der Waals surface area contributed by atoms with Gasteiger partial charge < -0.3 is 10.1 Å². The van der Waals surface area contributed by atoms with Crippen LogP contribution < -0.4 is 15.4 Å². The van der Waals surface area contributed by atoms with Gasteiger partial charge in [-0.3, -0.25) is 14.8 Å². The van der Waals surface area contributed by atoms with E-state index in [-0.39, 0.29) is 11.3 Å². The first-order valence-corrected chi connectivity index (χ1v) is 12.0. The Balaban J connectivity index is 1.88. The van der Waals surface area contributed by atoms with Crippen LogP contribution >= 0.6 is 0 Å². The number of aromatic nitrogens is 2. The van der Waals surface area contributed by atoms with E-state index in [2.05, 4.69) is 43.4 Å². The molecule has 0 saturated carbocycles. The SMILES string of the molecule is CCCn1cc(CN=C(NC(=O)c2ccc(C(C)(C)C)cc2)Nc2cc(C)ccc2OC)c(C)n1. The Hall–Kier alpha value is -3.61. The standard InChI is InChI=1S/C28H37N5O2/c1-8-15-33-18-22(20(3)32-33)17-29-27(30-24-16-19(2)9-14-25(24)35-7)31-26(34)21-10-12-23(13-11-21)28(4,5)6/h9-14,16,18H,8,15,17H2,1-7H3,(H2,29,30,31,34). The zero-order valence-corrected chi connectivity index (χ0v) is 21.9. The fraction of sp³-hybridized carbons (Fsp3) is 0.393. The molecule has 3 aromatic rings. The van der Waals surface area contributed by atoms with Crippen LogP contribution in [0.2, 0.25) is 0 Å². The van der Waals surface area contributed by atoms with E-state index in [0.717, 1.165) is 35.5 Å². The van der Waals surface area contributed by atoms with Crippen molar-refractivity contribution in [2.24, 2.45) is 4.99 Å². The summed E-state index contributed by atoms with van der Waals surface area (Å²) in [5.74, 6) is 0.780. The molecular weight excluding hydrogens is 438 g/mol. The molecule has 2 aromatic carbocycles. The van der Waals surface area contributed by atoms with Gasteiger partial charge in [-0.1, -0.05) is 45.9 Å². The van der Waals surface area contributed by atoms with Crippen LogP contribution in [0.15, 0.2) is 53.7 Å². The number of nitrogens with zero attached hydrogens (tertiary/aromatic N) is 3. The Morgan fingerprint density at radius 3 is 2.46 bits per heavy atom. The molecule has 0 fully saturated rings. The first-order valence-electron chi connectivity index (χ1n) is 12.0. The Kier molecular flexibility index (Phi) is 8.33. The number of hydrogen-bond donors (Lipinski definition) is 2. The minimum absolute atomic E-state index is 0.0188. The van der Waals surface area contributed by atoms with Gasteiger partial charge >= 0.3 is 0 Å². The van der Waals surface area contributed by atoms with Crippen molar-refractivity contribution in [2.75, 3.05) is 12.4 Å². The normalized spacial score (nSPS) is 11.9. The third-order valence-corrected chi connectivity index (χ3v) is 5.76. The number of amides is 1. The molecule has 7 heteroatoms. The fourth-order valence-electron chi connectivity index (χ4n) is 3.68. The zero-order valence-electron chi connectivity index (χ0n) is 21.9. The van der Waals surface area contributed by atoms with Gasteiger partial charge in [0.1, 0.15) is 5.75 Å². The van der Waals surface area contributed by atoms with Gasteiger partial charge in [-0.2, -0.15) is 5.10 Å². The van der Waals surface area contributed by atoms with Gasteiger partial charge in [0.25, 0.3) is 5.91 Å². The van der Waals surface area contributed by atoms with Gasteiger partial charge in [0, 0.05) is 23.9 Å². The number of guanidine groups is 1. The number of nitrogens with one attached hydrogen (secondary N) is 2. The lowest BCUT2D eigenvalue weighted by Gasteiger charge is -2.19. The molecule has 0 spiro atoms. The Labute approximate surface area is 208 Å². The number of ether oxygens (including phenoxy) is 1. The molecule has 0 aliphatic rings. The largest absolute Gasteiger partial charge is 0.495 e. The van der Waals surface area contributed by atoms with Gasteiger partial charge in [-0.05, 0) is 61.1 Å². The van der Waals surface area contributed by atoms with Gasteiger partial charge in [0.05, 0.1) is 25.0 Å². The lowest BCUT2D eigenvalue weighted by atomic mass is 9.87. The summed E-state index contributed by atoms with van der Waals surface area (Å²) in [4.78, 5) is 17.8. The molecule has 186 valence electrons. The molecule has 1 aromatic heterocycles. The van der Waals surface area contributed by atoms with Crippen molar-refractivity contribution in [3.8, 4) is 5.75 Å². The molecule has 1 heterocycles. The number of hydrogen-bond acceptors (Lipinski definition) is 4. The summed E-state index contributed by atoms with van der Waals surface area (Å²) in [6, 6.07) is 13.5. The number of carbonyl (C=O) groups is 1. The number of anilines is 1. The number of aryl methyl sites for hydroxylation is 3. The molecule has 0 bridgehead atoms. The number of methoxy groups -OCH3 is 1. The first kappa shape index (κ1) is 26.0. The lowest BCUT2D eigenvalue weighted by Crippen LogP contribution is -2.36. The van der Waals surface area contributed by atoms with Crippen LogP contribution in [0.1, 0.15) is 66.9 Å². The van der Waals surface area contributed by atoms with Gasteiger partial charge in [-0.15, -0.1) is 0 Å². The van der Waals surface area contributed by atoms with E-state index in [1.807, 2.05) is 67.2 Å². The Morgan fingerprint density at radius 2 is 1.83 bits per heavy atom. The molecule has 0 aliphatic carbocycles. The van der Waals surface area contributed by atoms with Crippen LogP contribution in [0.25, 0.3) is 0 Å². The van der Waals surface area contributed by atoms with E-state index in [4.69, 9.17) is 9.73 Å². The second-order valence-corrected chi connectivity index (χ2v) is 9.78. The maximum absolute atomic E-state index is 13.1. The second kappa shape index (κ2) is 11.2. The van der Waals surface area contributed by atoms with Crippen LogP contribution in [-0.4, -0.2) is 28.8 Å². The number of carbonyl (C=O) groups excluding carboxylic acids is 1. The van der Waals surface area contributed by atoms with E-state index in [9.17, 15) is 4.79 Å². The lowest BCUT2D eigenvalue weighted by molar-refractivity contribution is 0.0977. The highest BCUT2D eigenvalue weighted by atomic mass is 16.5. The minimum Gasteiger partial charge on any atom is -0.495 e. The van der Waals surface area contributed by atoms with Gasteiger partial charge in [-0.25, -0.2) is 4.99 Å². The number of aliphatic imine (C=N–C) groups is 1. The summed E-state index contributed by atoms with van der Waals surface area (Å²) in [6.45, 7) is 13.8. The van der Waals surface area contributed by atoms with Crippen molar-refractivity contribution in [1.29, 1.82) is 0 Å². The van der Waals surface area contributed by atoms with Crippen LogP contribution in [0.3, 0.4) is 0 Å². The second-order valence-electron chi connectivity index (χ2n) is 9.78. The molecular formula is C28H37N5O2. The van der Waals surface area contributed by atoms with Crippen LogP contribution in [0.5, 0.6) is 5.75 Å². The highest BCUT2D eigenvalue weighted by Gasteiger charge is 2.16. The van der Waals surface area contributed by atoms with Crippen molar-refractivity contribution < 1.29 is 9.53 Å². The zero-order chi connectivity index (χ0) is 25.6. The Bertz CT molecular complexity index is 1190. The average Bonchev–Trinajstić information content (AvgIpc) is 3.16. The predicted octanol–water partition coefficient (Wildman–Crippen LogP) is 5.61. The summed E-state index contributed by atoms with van der Waals surface area (Å²) in [7, 11) is 1.62. The highest BCUT2D eigenvalue weighted by molar-refractivity contribution is 6.10. The van der Waals surface area contributed by atoms with Crippen molar-refractivity contribution >= 4 is 17.6 Å². The molecule has 35 heavy (non-hydrogen) atoms. The molecule has 0 unspecified atom stereocenters. The monoisotopic (exact) mass is 475 g/mol. The molecule has 1 amide bonds. The van der Waals surface area contributed by atoms with Crippen LogP contribution in [0, 0.1) is 13.8 Å². The summed E-state index contributed by atoms with van der Waals surface area (Å²) < 4.78 is 7.44. The number of rotatable bonds is 7. The van der Waals surface area contributed by atoms with E-state index in [1.54, 1.807) is 7.11 Å². The molecule has 0 atom stereocenters. The Morgan fingerprint density at radius 1 is 1.11 bits per heavy atom. The first-order chi connectivity index (χ1) is 16.6. The fourth-order valence-corrected chi connectivity index (χ4v) is 3.68. The maximum atomic E-state index is 13.1. The highest BCUT2D eigenvalue weighted by Crippen LogP contribution is 2.25. The third-order valence-electron chi connectivity index (χ3n) is 5.76. The van der Waals surface area contributed by atoms with Crippen LogP contribution in [0.4, 0.5) is 5.69 Å². The molecule has 7 nitrogen and oxygen atoms in total. The van der Waals surface area contributed by atoms with Crippen molar-refractivity contribution in [3.63, 3.8) is 0 Å². The molecule has 0 saturated heterocycles. The van der Waals surface area contributed by atoms with Crippen molar-refractivity contribution in [2.45, 2.75) is 66.5 Å². The van der Waals surface area contributed by atoms with Crippen molar-refractivity contribution in [1.82, 2.24) is 15.1 Å². The number of benzene rings is 2. The van der Waals surface area contributed by atoms with Crippen LogP contribution in [-0.2, 0) is 18.5 Å². The predicted molar refractivity (Wildman–Crippen MR) is 142 cm³/mol. The quantitative estimate of drug-likeness (QED) is 0.344. The molecule has 2 N–H and O–H groups in total. The molecule has 0 radical (unpaired) electrons. The van der Waals surface area contributed by atoms with E-state index < -0.39 is 0 Å².